The molecule has 2 amide bonds. The first kappa shape index (κ1) is 21.8. The number of nitrogens with zero attached hydrogens (tertiary/aromatic N) is 1. The number of thiocarbonyl (C=S) groups is 1. The van der Waals surface area contributed by atoms with Crippen LogP contribution in [0, 0.1) is 12.8 Å². The summed E-state index contributed by atoms with van der Waals surface area (Å²) in [5.74, 6) is -0.218. The molecular formula is C25H26N2O2S2. The molecule has 4 rings (SSSR count). The van der Waals surface area contributed by atoms with Crippen LogP contribution in [0.25, 0.3) is 6.08 Å². The number of carbonyl (C=O) groups is 2. The molecule has 160 valence electrons. The summed E-state index contributed by atoms with van der Waals surface area (Å²) in [7, 11) is 0. The Balaban J connectivity index is 1.64. The molecule has 0 bridgehead atoms. The first-order valence-corrected chi connectivity index (χ1v) is 12.0. The Hall–Kier alpha value is -2.44. The van der Waals surface area contributed by atoms with Crippen molar-refractivity contribution in [1.29, 1.82) is 0 Å². The molecule has 2 aromatic rings. The average Bonchev–Trinajstić information content (AvgIpc) is 3.05. The third kappa shape index (κ3) is 4.91. The molecule has 1 aliphatic carbocycles. The van der Waals surface area contributed by atoms with Crippen molar-refractivity contribution in [3.8, 4) is 0 Å². The minimum atomic E-state index is -0.589. The molecule has 4 nitrogen and oxygen atoms in total. The van der Waals surface area contributed by atoms with Gasteiger partial charge in [0.25, 0.3) is 5.91 Å². The molecule has 0 spiro atoms. The predicted molar refractivity (Wildman–Crippen MR) is 132 cm³/mol. The normalized spacial score (nSPS) is 19.6. The quantitative estimate of drug-likeness (QED) is 0.463. The lowest BCUT2D eigenvalue weighted by Gasteiger charge is -2.35. The number of aryl methyl sites for hydroxylation is 1. The topological polar surface area (TPSA) is 49.4 Å². The van der Waals surface area contributed by atoms with Gasteiger partial charge in [-0.1, -0.05) is 91.8 Å². The maximum atomic E-state index is 13.5. The number of anilines is 1. The van der Waals surface area contributed by atoms with Crippen LogP contribution in [0.2, 0.25) is 0 Å². The fourth-order valence-electron chi connectivity index (χ4n) is 4.33. The van der Waals surface area contributed by atoms with E-state index in [-0.39, 0.29) is 17.7 Å². The summed E-state index contributed by atoms with van der Waals surface area (Å²) in [5.41, 5.74) is 2.72. The summed E-state index contributed by atoms with van der Waals surface area (Å²) in [6.07, 6.45) is 7.05. The number of hydrogen-bond acceptors (Lipinski definition) is 4. The van der Waals surface area contributed by atoms with Crippen LogP contribution in [0.3, 0.4) is 0 Å². The molecule has 1 N–H and O–H groups in total. The zero-order chi connectivity index (χ0) is 21.8. The van der Waals surface area contributed by atoms with Gasteiger partial charge in [0.05, 0.1) is 4.91 Å². The summed E-state index contributed by atoms with van der Waals surface area (Å²) in [6, 6.07) is 16.8. The lowest BCUT2D eigenvalue weighted by molar-refractivity contribution is -0.132. The highest BCUT2D eigenvalue weighted by Crippen LogP contribution is 2.39. The molecule has 1 saturated heterocycles. The Morgan fingerprint density at radius 1 is 1.10 bits per heavy atom. The van der Waals surface area contributed by atoms with Crippen molar-refractivity contribution in [2.24, 2.45) is 5.92 Å². The van der Waals surface area contributed by atoms with Gasteiger partial charge in [-0.3, -0.25) is 14.5 Å². The van der Waals surface area contributed by atoms with Gasteiger partial charge in [0, 0.05) is 5.69 Å². The number of nitrogens with one attached hydrogen (secondary N) is 1. The molecule has 6 heteroatoms. The van der Waals surface area contributed by atoms with Crippen molar-refractivity contribution >= 4 is 51.9 Å². The lowest BCUT2D eigenvalue weighted by atomic mass is 9.82. The molecule has 2 fully saturated rings. The standard InChI is InChI=1S/C25H26N2O2S2/c1-17-10-8-9-15-20(17)26-23(28)22(19-13-6-3-7-14-19)27-24(29)21(31-25(27)30)16-18-11-4-2-5-12-18/h2,4-5,8-12,15-16,19,22H,3,6-7,13-14H2,1H3,(H,26,28)/b21-16-. The van der Waals surface area contributed by atoms with Crippen molar-refractivity contribution in [3.05, 3.63) is 70.6 Å². The molecule has 1 atom stereocenters. The number of carbonyl (C=O) groups excluding carboxylic acids is 2. The van der Waals surface area contributed by atoms with Crippen LogP contribution in [0.15, 0.2) is 59.5 Å². The summed E-state index contributed by atoms with van der Waals surface area (Å²) < 4.78 is 0.461. The summed E-state index contributed by atoms with van der Waals surface area (Å²) in [6.45, 7) is 1.97. The number of rotatable bonds is 5. The van der Waals surface area contributed by atoms with E-state index in [1.165, 1.54) is 18.2 Å². The van der Waals surface area contributed by atoms with Gasteiger partial charge in [-0.25, -0.2) is 0 Å². The van der Waals surface area contributed by atoms with Crippen molar-refractivity contribution < 1.29 is 9.59 Å². The van der Waals surface area contributed by atoms with Gasteiger partial charge in [-0.05, 0) is 49.0 Å². The molecule has 0 aromatic heterocycles. The Morgan fingerprint density at radius 3 is 2.48 bits per heavy atom. The van der Waals surface area contributed by atoms with E-state index in [0.29, 0.717) is 9.23 Å². The largest absolute Gasteiger partial charge is 0.324 e. The average molecular weight is 451 g/mol. The van der Waals surface area contributed by atoms with E-state index in [0.717, 1.165) is 42.5 Å². The van der Waals surface area contributed by atoms with Crippen LogP contribution < -0.4 is 5.32 Å². The highest BCUT2D eigenvalue weighted by atomic mass is 32.2. The second kappa shape index (κ2) is 9.79. The number of hydrogen-bond donors (Lipinski definition) is 1. The highest BCUT2D eigenvalue weighted by molar-refractivity contribution is 8.26. The zero-order valence-corrected chi connectivity index (χ0v) is 19.2. The predicted octanol–water partition coefficient (Wildman–Crippen LogP) is 5.78. The molecule has 0 radical (unpaired) electrons. The van der Waals surface area contributed by atoms with E-state index in [4.69, 9.17) is 12.2 Å². The molecule has 31 heavy (non-hydrogen) atoms. The lowest BCUT2D eigenvalue weighted by Crippen LogP contribution is -2.51. The molecule has 1 unspecified atom stereocenters. The Morgan fingerprint density at radius 2 is 1.77 bits per heavy atom. The van der Waals surface area contributed by atoms with E-state index in [2.05, 4.69) is 5.32 Å². The second-order valence-corrected chi connectivity index (χ2v) is 9.79. The van der Waals surface area contributed by atoms with Crippen LogP contribution in [0.5, 0.6) is 0 Å². The maximum absolute atomic E-state index is 13.5. The third-order valence-corrected chi connectivity index (χ3v) is 7.30. The highest BCUT2D eigenvalue weighted by Gasteiger charge is 2.44. The molecule has 2 aliphatic rings. The minimum Gasteiger partial charge on any atom is -0.324 e. The Labute approximate surface area is 193 Å². The minimum absolute atomic E-state index is 0.108. The number of benzene rings is 2. The van der Waals surface area contributed by atoms with Gasteiger partial charge in [-0.2, -0.15) is 0 Å². The van der Waals surface area contributed by atoms with Gasteiger partial charge in [0.2, 0.25) is 5.91 Å². The fourth-order valence-corrected chi connectivity index (χ4v) is 5.66. The number of para-hydroxylation sites is 1. The molecule has 1 heterocycles. The van der Waals surface area contributed by atoms with Crippen LogP contribution in [-0.2, 0) is 9.59 Å². The Kier molecular flexibility index (Phi) is 6.88. The third-order valence-electron chi connectivity index (χ3n) is 5.97. The number of thioether (sulfide) groups is 1. The number of amides is 2. The summed E-state index contributed by atoms with van der Waals surface area (Å²) in [5, 5.41) is 3.07. The summed E-state index contributed by atoms with van der Waals surface area (Å²) >= 11 is 6.90. The van der Waals surface area contributed by atoms with Gasteiger partial charge < -0.3 is 5.32 Å². The summed E-state index contributed by atoms with van der Waals surface area (Å²) in [4.78, 5) is 29.0. The van der Waals surface area contributed by atoms with Crippen molar-refractivity contribution in [2.75, 3.05) is 5.32 Å². The van der Waals surface area contributed by atoms with Crippen LogP contribution in [-0.4, -0.2) is 27.1 Å². The van der Waals surface area contributed by atoms with E-state index >= 15 is 0 Å². The molecular weight excluding hydrogens is 424 g/mol. The molecule has 1 aliphatic heterocycles. The van der Waals surface area contributed by atoms with Crippen LogP contribution >= 0.6 is 24.0 Å². The van der Waals surface area contributed by atoms with Gasteiger partial charge >= 0.3 is 0 Å². The van der Waals surface area contributed by atoms with Crippen molar-refractivity contribution in [1.82, 2.24) is 4.90 Å². The van der Waals surface area contributed by atoms with Gasteiger partial charge in [0.1, 0.15) is 10.4 Å². The van der Waals surface area contributed by atoms with Gasteiger partial charge in [0.15, 0.2) is 0 Å². The first-order valence-electron chi connectivity index (χ1n) is 10.7. The Bertz CT molecular complexity index is 1010. The monoisotopic (exact) mass is 450 g/mol. The molecule has 2 aromatic carbocycles. The van der Waals surface area contributed by atoms with Gasteiger partial charge in [-0.15, -0.1) is 0 Å². The zero-order valence-electron chi connectivity index (χ0n) is 17.5. The van der Waals surface area contributed by atoms with E-state index in [9.17, 15) is 9.59 Å². The maximum Gasteiger partial charge on any atom is 0.266 e. The van der Waals surface area contributed by atoms with E-state index < -0.39 is 6.04 Å². The second-order valence-electron chi connectivity index (χ2n) is 8.11. The fraction of sp³-hybridized carbons (Fsp3) is 0.320. The van der Waals surface area contributed by atoms with E-state index in [1.54, 1.807) is 4.90 Å². The van der Waals surface area contributed by atoms with Crippen LogP contribution in [0.4, 0.5) is 5.69 Å². The SMILES string of the molecule is Cc1ccccc1NC(=O)C(C1CCCCC1)N1C(=O)/C(=C/c2ccccc2)SC1=S. The van der Waals surface area contributed by atoms with Crippen molar-refractivity contribution in [2.45, 2.75) is 45.1 Å². The van der Waals surface area contributed by atoms with Crippen LogP contribution in [0.1, 0.15) is 43.2 Å². The first-order chi connectivity index (χ1) is 15.0. The smallest absolute Gasteiger partial charge is 0.266 e. The molecule has 1 saturated carbocycles. The van der Waals surface area contributed by atoms with Crippen molar-refractivity contribution in [3.63, 3.8) is 0 Å². The van der Waals surface area contributed by atoms with E-state index in [1.807, 2.05) is 67.6 Å².